The van der Waals surface area contributed by atoms with Gasteiger partial charge in [0.05, 0.1) is 6.54 Å². The topological polar surface area (TPSA) is 97.3 Å². The molecule has 1 saturated carbocycles. The van der Waals surface area contributed by atoms with Gasteiger partial charge in [-0.2, -0.15) is 0 Å². The minimum atomic E-state index is -0.117. The lowest BCUT2D eigenvalue weighted by Gasteiger charge is -2.37. The van der Waals surface area contributed by atoms with Gasteiger partial charge in [-0.3, -0.25) is 15.0 Å². The van der Waals surface area contributed by atoms with Gasteiger partial charge < -0.3 is 10.2 Å². The number of amides is 1. The van der Waals surface area contributed by atoms with Crippen molar-refractivity contribution >= 4 is 11.9 Å². The molecule has 1 amide bonds. The van der Waals surface area contributed by atoms with Crippen LogP contribution in [0.4, 0.5) is 6.01 Å². The van der Waals surface area contributed by atoms with Gasteiger partial charge in [0.1, 0.15) is 0 Å². The first-order valence-corrected chi connectivity index (χ1v) is 7.76. The first-order chi connectivity index (χ1) is 10.1. The Balaban J connectivity index is 1.54. The predicted octanol–water partition coefficient (Wildman–Crippen LogP) is 1.09. The Hall–Kier alpha value is -1.47. The quantitative estimate of drug-likeness (QED) is 0.843. The summed E-state index contributed by atoms with van der Waals surface area (Å²) in [5.74, 6) is 0.915. The second-order valence-corrected chi connectivity index (χ2v) is 6.16. The molecular weight excluding hydrogens is 270 g/mol. The first-order valence-electron chi connectivity index (χ1n) is 7.76. The predicted molar refractivity (Wildman–Crippen MR) is 77.8 cm³/mol. The third-order valence-corrected chi connectivity index (χ3v) is 4.23. The maximum absolute atomic E-state index is 12.1. The van der Waals surface area contributed by atoms with Gasteiger partial charge in [-0.05, 0) is 39.2 Å². The minimum Gasteiger partial charge on any atom is -0.408 e. The van der Waals surface area contributed by atoms with Crippen LogP contribution in [-0.2, 0) is 4.79 Å². The van der Waals surface area contributed by atoms with Crippen molar-refractivity contribution in [2.75, 3.05) is 18.4 Å². The fourth-order valence-corrected chi connectivity index (χ4v) is 2.93. The number of hydrogen-bond donors (Lipinski definition) is 2. The van der Waals surface area contributed by atoms with Crippen molar-refractivity contribution in [3.63, 3.8) is 0 Å². The monoisotopic (exact) mass is 293 g/mol. The Morgan fingerprint density at radius 1 is 1.43 bits per heavy atom. The number of carbonyl (C=O) groups excluding carboxylic acids is 1. The molecule has 2 heterocycles. The molecule has 7 nitrogen and oxygen atoms in total. The Morgan fingerprint density at radius 3 is 2.95 bits per heavy atom. The fraction of sp³-hybridized carbons (Fsp3) is 0.786. The summed E-state index contributed by atoms with van der Waals surface area (Å²) < 4.78 is 5.44. The van der Waals surface area contributed by atoms with Crippen LogP contribution >= 0.6 is 0 Å². The van der Waals surface area contributed by atoms with Crippen LogP contribution in [-0.4, -0.2) is 46.2 Å². The molecular formula is C14H23N5O2. The summed E-state index contributed by atoms with van der Waals surface area (Å²) >= 11 is 0. The third-order valence-electron chi connectivity index (χ3n) is 4.23. The standard InChI is InChI=1S/C14H23N5O2/c1-9(15)11-4-2-3-7-19(11)8-12(20)16-14-18-17-13(21-14)10-5-6-10/h9-11H,2-8,15H2,1H3,(H,16,18,20). The number of likely N-dealkylation sites (tertiary alicyclic amines) is 1. The first kappa shape index (κ1) is 14.5. The molecule has 1 aromatic rings. The Labute approximate surface area is 124 Å². The van der Waals surface area contributed by atoms with Crippen LogP contribution in [0, 0.1) is 0 Å². The maximum Gasteiger partial charge on any atom is 0.322 e. The lowest BCUT2D eigenvalue weighted by atomic mass is 9.97. The van der Waals surface area contributed by atoms with E-state index in [9.17, 15) is 4.79 Å². The van der Waals surface area contributed by atoms with Gasteiger partial charge in [-0.25, -0.2) is 0 Å². The molecule has 21 heavy (non-hydrogen) atoms. The van der Waals surface area contributed by atoms with Crippen LogP contribution in [0.1, 0.15) is 50.8 Å². The van der Waals surface area contributed by atoms with E-state index in [0.717, 1.165) is 32.2 Å². The lowest BCUT2D eigenvalue weighted by molar-refractivity contribution is -0.118. The third kappa shape index (κ3) is 3.59. The molecule has 0 bridgehead atoms. The van der Waals surface area contributed by atoms with Gasteiger partial charge in [0.15, 0.2) is 0 Å². The lowest BCUT2D eigenvalue weighted by Crippen LogP contribution is -2.51. The highest BCUT2D eigenvalue weighted by molar-refractivity contribution is 5.90. The van der Waals surface area contributed by atoms with Crippen molar-refractivity contribution in [1.29, 1.82) is 0 Å². The molecule has 0 radical (unpaired) electrons. The van der Waals surface area contributed by atoms with E-state index in [4.69, 9.17) is 10.2 Å². The van der Waals surface area contributed by atoms with Crippen LogP contribution in [0.2, 0.25) is 0 Å². The van der Waals surface area contributed by atoms with Crippen molar-refractivity contribution < 1.29 is 9.21 Å². The highest BCUT2D eigenvalue weighted by Gasteiger charge is 2.30. The maximum atomic E-state index is 12.1. The zero-order chi connectivity index (χ0) is 14.8. The molecule has 1 aliphatic heterocycles. The molecule has 116 valence electrons. The molecule has 2 unspecified atom stereocenters. The molecule has 1 aromatic heterocycles. The second kappa shape index (κ2) is 6.11. The number of anilines is 1. The summed E-state index contributed by atoms with van der Waals surface area (Å²) in [6, 6.07) is 0.549. The molecule has 7 heteroatoms. The molecule has 3 rings (SSSR count). The van der Waals surface area contributed by atoms with Crippen LogP contribution in [0.3, 0.4) is 0 Å². The van der Waals surface area contributed by atoms with E-state index in [1.807, 2.05) is 6.92 Å². The Morgan fingerprint density at radius 2 is 2.24 bits per heavy atom. The number of hydrogen-bond acceptors (Lipinski definition) is 6. The molecule has 2 aliphatic rings. The Kier molecular flexibility index (Phi) is 4.21. The van der Waals surface area contributed by atoms with Crippen molar-refractivity contribution in [3.05, 3.63) is 5.89 Å². The molecule has 0 aromatic carbocycles. The number of aromatic nitrogens is 2. The fourth-order valence-electron chi connectivity index (χ4n) is 2.93. The number of nitrogens with two attached hydrogens (primary N) is 1. The highest BCUT2D eigenvalue weighted by Crippen LogP contribution is 2.39. The minimum absolute atomic E-state index is 0.0722. The van der Waals surface area contributed by atoms with Gasteiger partial charge in [-0.15, -0.1) is 5.10 Å². The van der Waals surface area contributed by atoms with E-state index in [1.165, 1.54) is 6.42 Å². The summed E-state index contributed by atoms with van der Waals surface area (Å²) in [6.45, 7) is 3.24. The van der Waals surface area contributed by atoms with Gasteiger partial charge >= 0.3 is 6.01 Å². The summed E-state index contributed by atoms with van der Waals surface area (Å²) in [6.07, 6.45) is 5.54. The van der Waals surface area contributed by atoms with E-state index in [0.29, 0.717) is 18.4 Å². The molecule has 2 atom stereocenters. The normalized spacial score (nSPS) is 24.8. The van der Waals surface area contributed by atoms with E-state index < -0.39 is 0 Å². The number of carbonyl (C=O) groups is 1. The smallest absolute Gasteiger partial charge is 0.322 e. The molecule has 1 saturated heterocycles. The molecule has 0 spiro atoms. The second-order valence-electron chi connectivity index (χ2n) is 6.16. The summed E-state index contributed by atoms with van der Waals surface area (Å²) in [5, 5.41) is 10.5. The van der Waals surface area contributed by atoms with Gasteiger partial charge in [0.2, 0.25) is 11.8 Å². The van der Waals surface area contributed by atoms with Crippen molar-refractivity contribution in [2.24, 2.45) is 5.73 Å². The summed E-state index contributed by atoms with van der Waals surface area (Å²) in [4.78, 5) is 14.3. The highest BCUT2D eigenvalue weighted by atomic mass is 16.4. The zero-order valence-corrected chi connectivity index (χ0v) is 12.4. The largest absolute Gasteiger partial charge is 0.408 e. The van der Waals surface area contributed by atoms with Crippen molar-refractivity contribution in [1.82, 2.24) is 15.1 Å². The van der Waals surface area contributed by atoms with E-state index in [-0.39, 0.29) is 24.0 Å². The Bertz CT molecular complexity index is 497. The average molecular weight is 293 g/mol. The molecule has 2 fully saturated rings. The number of rotatable bonds is 5. The summed E-state index contributed by atoms with van der Waals surface area (Å²) in [7, 11) is 0. The van der Waals surface area contributed by atoms with Gasteiger partial charge in [-0.1, -0.05) is 11.5 Å². The van der Waals surface area contributed by atoms with Crippen molar-refractivity contribution in [3.8, 4) is 0 Å². The molecule has 1 aliphatic carbocycles. The van der Waals surface area contributed by atoms with E-state index >= 15 is 0 Å². The van der Waals surface area contributed by atoms with Crippen molar-refractivity contribution in [2.45, 2.75) is 57.0 Å². The SMILES string of the molecule is CC(N)C1CCCCN1CC(=O)Nc1nnc(C2CC2)o1. The van der Waals surface area contributed by atoms with Crippen LogP contribution < -0.4 is 11.1 Å². The number of nitrogens with zero attached hydrogens (tertiary/aromatic N) is 3. The van der Waals surface area contributed by atoms with Crippen LogP contribution in [0.25, 0.3) is 0 Å². The number of nitrogens with one attached hydrogen (secondary N) is 1. The van der Waals surface area contributed by atoms with E-state index in [2.05, 4.69) is 20.4 Å². The van der Waals surface area contributed by atoms with Crippen LogP contribution in [0.5, 0.6) is 0 Å². The average Bonchev–Trinajstić information content (AvgIpc) is 3.20. The van der Waals surface area contributed by atoms with Crippen LogP contribution in [0.15, 0.2) is 4.42 Å². The van der Waals surface area contributed by atoms with Gasteiger partial charge in [0.25, 0.3) is 0 Å². The van der Waals surface area contributed by atoms with E-state index in [1.54, 1.807) is 0 Å². The summed E-state index contributed by atoms with van der Waals surface area (Å²) in [5.41, 5.74) is 6.02. The molecule has 3 N–H and O–H groups in total. The zero-order valence-electron chi connectivity index (χ0n) is 12.4. The van der Waals surface area contributed by atoms with Gasteiger partial charge in [0, 0.05) is 18.0 Å². The number of piperidine rings is 1.